The highest BCUT2D eigenvalue weighted by molar-refractivity contribution is 5.33. The zero-order valence-electron chi connectivity index (χ0n) is 10.3. The second kappa shape index (κ2) is 7.09. The van der Waals surface area contributed by atoms with Crippen LogP contribution < -0.4 is 0 Å². The van der Waals surface area contributed by atoms with Crippen molar-refractivity contribution in [3.05, 3.63) is 0 Å². The fraction of sp³-hybridized carbons (Fsp3) is 0.818. The van der Waals surface area contributed by atoms with Gasteiger partial charge >= 0.3 is 0 Å². The van der Waals surface area contributed by atoms with Gasteiger partial charge in [0.2, 0.25) is 12.2 Å². The average Bonchev–Trinajstić information content (AvgIpc) is 2.16. The maximum absolute atomic E-state index is 10.1. The van der Waals surface area contributed by atoms with Gasteiger partial charge in [0, 0.05) is 5.41 Å². The van der Waals surface area contributed by atoms with Crippen molar-refractivity contribution in [3.8, 4) is 0 Å². The molecule has 0 bridgehead atoms. The second-order valence-corrected chi connectivity index (χ2v) is 4.83. The van der Waals surface area contributed by atoms with Gasteiger partial charge in [-0.05, 0) is 18.8 Å². The Morgan fingerprint density at radius 1 is 1.18 bits per heavy atom. The van der Waals surface area contributed by atoms with Gasteiger partial charge in [-0.1, -0.05) is 20.8 Å². The van der Waals surface area contributed by atoms with Crippen LogP contribution in [0.4, 0.5) is 0 Å². The molecule has 3 unspecified atom stereocenters. The molecule has 0 saturated heterocycles. The molecule has 0 aliphatic carbocycles. The van der Waals surface area contributed by atoms with E-state index in [0.29, 0.717) is 6.42 Å². The van der Waals surface area contributed by atoms with Crippen LogP contribution in [-0.2, 0) is 9.59 Å². The molecule has 0 spiro atoms. The molecule has 0 saturated carbocycles. The number of isocyanates is 2. The Balaban J connectivity index is 4.40. The number of nitrogens with zero attached hydrogens (tertiary/aromatic N) is 2. The highest BCUT2D eigenvalue weighted by Gasteiger charge is 2.30. The normalized spacial score (nSPS) is 16.3. The van der Waals surface area contributed by atoms with Gasteiger partial charge in [-0.3, -0.25) is 0 Å². The fourth-order valence-electron chi connectivity index (χ4n) is 1.78. The van der Waals surface area contributed by atoms with Gasteiger partial charge in [0.15, 0.2) is 12.5 Å². The molecule has 0 aromatic carbocycles. The SMILES string of the molecule is CC(CC(O)N=C=O)CC(C)(C)C(O)N=C=O. The van der Waals surface area contributed by atoms with E-state index in [2.05, 4.69) is 9.98 Å². The van der Waals surface area contributed by atoms with Crippen LogP contribution in [-0.4, -0.2) is 34.8 Å². The Labute approximate surface area is 100 Å². The molecular weight excluding hydrogens is 224 g/mol. The van der Waals surface area contributed by atoms with Gasteiger partial charge in [0.05, 0.1) is 0 Å². The third-order valence-electron chi connectivity index (χ3n) is 2.56. The molecule has 0 radical (unpaired) electrons. The number of hydrogen-bond acceptors (Lipinski definition) is 6. The summed E-state index contributed by atoms with van der Waals surface area (Å²) in [5.74, 6) is 0.00796. The number of carbonyl (C=O) groups excluding carboxylic acids is 2. The van der Waals surface area contributed by atoms with Gasteiger partial charge in [-0.25, -0.2) is 9.59 Å². The van der Waals surface area contributed by atoms with Crippen molar-refractivity contribution in [2.75, 3.05) is 0 Å². The van der Waals surface area contributed by atoms with Gasteiger partial charge in [0.25, 0.3) is 0 Å². The molecule has 0 aromatic heterocycles. The highest BCUT2D eigenvalue weighted by atomic mass is 16.3. The van der Waals surface area contributed by atoms with E-state index < -0.39 is 17.9 Å². The number of aliphatic imine (C=N–C) groups is 2. The van der Waals surface area contributed by atoms with E-state index in [-0.39, 0.29) is 12.3 Å². The quantitative estimate of drug-likeness (QED) is 0.508. The van der Waals surface area contributed by atoms with Crippen molar-refractivity contribution < 1.29 is 19.8 Å². The fourth-order valence-corrected chi connectivity index (χ4v) is 1.78. The van der Waals surface area contributed by atoms with Crippen LogP contribution in [0.2, 0.25) is 0 Å². The van der Waals surface area contributed by atoms with E-state index in [0.717, 1.165) is 0 Å². The molecule has 6 nitrogen and oxygen atoms in total. The molecule has 0 heterocycles. The Kier molecular flexibility index (Phi) is 6.54. The van der Waals surface area contributed by atoms with Crippen LogP contribution in [0.1, 0.15) is 33.6 Å². The van der Waals surface area contributed by atoms with E-state index in [4.69, 9.17) is 0 Å². The molecular formula is C11H18N2O4. The molecule has 0 fully saturated rings. The van der Waals surface area contributed by atoms with E-state index >= 15 is 0 Å². The van der Waals surface area contributed by atoms with E-state index in [1.165, 1.54) is 12.2 Å². The van der Waals surface area contributed by atoms with E-state index in [1.54, 1.807) is 13.8 Å². The zero-order valence-corrected chi connectivity index (χ0v) is 10.3. The summed E-state index contributed by atoms with van der Waals surface area (Å²) in [6.07, 6.45) is 1.20. The van der Waals surface area contributed by atoms with Gasteiger partial charge in [0.1, 0.15) is 0 Å². The van der Waals surface area contributed by atoms with Crippen molar-refractivity contribution in [2.24, 2.45) is 21.3 Å². The van der Waals surface area contributed by atoms with Crippen LogP contribution >= 0.6 is 0 Å². The zero-order chi connectivity index (χ0) is 13.5. The predicted octanol–water partition coefficient (Wildman–Crippen LogP) is 0.737. The lowest BCUT2D eigenvalue weighted by Crippen LogP contribution is -2.30. The monoisotopic (exact) mass is 242 g/mol. The Morgan fingerprint density at radius 2 is 1.71 bits per heavy atom. The number of aliphatic hydroxyl groups is 2. The third-order valence-corrected chi connectivity index (χ3v) is 2.56. The summed E-state index contributed by atoms with van der Waals surface area (Å²) >= 11 is 0. The summed E-state index contributed by atoms with van der Waals surface area (Å²) in [7, 11) is 0. The minimum Gasteiger partial charge on any atom is -0.371 e. The Bertz CT molecular complexity index is 330. The minimum absolute atomic E-state index is 0.00796. The van der Waals surface area contributed by atoms with Crippen LogP contribution in [0, 0.1) is 11.3 Å². The molecule has 17 heavy (non-hydrogen) atoms. The Morgan fingerprint density at radius 3 is 2.18 bits per heavy atom. The van der Waals surface area contributed by atoms with Crippen LogP contribution in [0.3, 0.4) is 0 Å². The maximum Gasteiger partial charge on any atom is 0.237 e. The predicted molar refractivity (Wildman–Crippen MR) is 60.4 cm³/mol. The topological polar surface area (TPSA) is 99.3 Å². The largest absolute Gasteiger partial charge is 0.371 e. The lowest BCUT2D eigenvalue weighted by molar-refractivity contribution is 0.0337. The molecule has 6 heteroatoms. The first-order chi connectivity index (χ1) is 7.83. The summed E-state index contributed by atoms with van der Waals surface area (Å²) in [4.78, 5) is 26.4. The summed E-state index contributed by atoms with van der Waals surface area (Å²) in [5, 5.41) is 18.9. The maximum atomic E-state index is 10.1. The van der Waals surface area contributed by atoms with Crippen molar-refractivity contribution in [1.82, 2.24) is 0 Å². The summed E-state index contributed by atoms with van der Waals surface area (Å²) in [5.41, 5.74) is -0.610. The molecule has 2 N–H and O–H groups in total. The van der Waals surface area contributed by atoms with Gasteiger partial charge in [-0.15, -0.1) is 0 Å². The van der Waals surface area contributed by atoms with Crippen molar-refractivity contribution in [1.29, 1.82) is 0 Å². The summed E-state index contributed by atoms with van der Waals surface area (Å²) in [6, 6.07) is 0. The first kappa shape index (κ1) is 15.7. The molecule has 0 aliphatic heterocycles. The number of rotatable bonds is 7. The molecule has 96 valence electrons. The van der Waals surface area contributed by atoms with E-state index in [9.17, 15) is 19.8 Å². The standard InChI is InChI=1S/C11H18N2O4/c1-8(4-9(16)12-6-14)5-11(2,3)10(17)13-7-15/h8-10,16-17H,4-5H2,1-3H3. The van der Waals surface area contributed by atoms with Crippen LogP contribution in [0.15, 0.2) is 9.98 Å². The Hall–Kier alpha value is -1.32. The third kappa shape index (κ3) is 6.09. The number of hydrogen-bond donors (Lipinski definition) is 2. The molecule has 3 atom stereocenters. The second-order valence-electron chi connectivity index (χ2n) is 4.83. The summed E-state index contributed by atoms with van der Waals surface area (Å²) < 4.78 is 0. The lowest BCUT2D eigenvalue weighted by atomic mass is 9.80. The van der Waals surface area contributed by atoms with Crippen LogP contribution in [0.25, 0.3) is 0 Å². The van der Waals surface area contributed by atoms with Gasteiger partial charge in [-0.2, -0.15) is 9.98 Å². The van der Waals surface area contributed by atoms with Crippen molar-refractivity contribution in [3.63, 3.8) is 0 Å². The van der Waals surface area contributed by atoms with E-state index in [1.807, 2.05) is 6.92 Å². The average molecular weight is 242 g/mol. The smallest absolute Gasteiger partial charge is 0.237 e. The lowest BCUT2D eigenvalue weighted by Gasteiger charge is -2.30. The van der Waals surface area contributed by atoms with Crippen LogP contribution in [0.5, 0.6) is 0 Å². The van der Waals surface area contributed by atoms with Gasteiger partial charge < -0.3 is 10.2 Å². The molecule has 0 amide bonds. The number of aliphatic hydroxyl groups excluding tert-OH is 2. The van der Waals surface area contributed by atoms with Crippen molar-refractivity contribution in [2.45, 2.75) is 46.1 Å². The first-order valence-corrected chi connectivity index (χ1v) is 5.33. The summed E-state index contributed by atoms with van der Waals surface area (Å²) in [6.45, 7) is 5.36. The van der Waals surface area contributed by atoms with Crippen molar-refractivity contribution >= 4 is 12.2 Å². The highest BCUT2D eigenvalue weighted by Crippen LogP contribution is 2.31. The molecule has 0 aromatic rings. The molecule has 0 aliphatic rings. The minimum atomic E-state index is -1.13. The molecule has 0 rings (SSSR count). The first-order valence-electron chi connectivity index (χ1n) is 5.33.